The molecule has 0 bridgehead atoms. The van der Waals surface area contributed by atoms with Gasteiger partial charge < -0.3 is 9.80 Å². The quantitative estimate of drug-likeness (QED) is 0.770. The Morgan fingerprint density at radius 1 is 1.14 bits per heavy atom. The SMILES string of the molecule is O=C(Cc1ccc(F)c(F)c1)N1CCCN(CCBr)CC1. The lowest BCUT2D eigenvalue weighted by molar-refractivity contribution is -0.130. The topological polar surface area (TPSA) is 23.6 Å². The first kappa shape index (κ1) is 16.4. The van der Waals surface area contributed by atoms with Gasteiger partial charge in [0.1, 0.15) is 0 Å². The maximum absolute atomic E-state index is 13.2. The summed E-state index contributed by atoms with van der Waals surface area (Å²) in [7, 11) is 0. The number of nitrogens with zero attached hydrogens (tertiary/aromatic N) is 2. The molecule has 0 spiro atoms. The van der Waals surface area contributed by atoms with Crippen LogP contribution < -0.4 is 0 Å². The first-order chi connectivity index (χ1) is 10.1. The molecule has 0 aliphatic carbocycles. The van der Waals surface area contributed by atoms with Crippen LogP contribution >= 0.6 is 15.9 Å². The Labute approximate surface area is 132 Å². The third kappa shape index (κ3) is 4.74. The van der Waals surface area contributed by atoms with Crippen molar-refractivity contribution in [2.24, 2.45) is 0 Å². The van der Waals surface area contributed by atoms with Gasteiger partial charge in [0, 0.05) is 31.5 Å². The molecule has 0 aromatic heterocycles. The van der Waals surface area contributed by atoms with E-state index in [1.165, 1.54) is 6.07 Å². The smallest absolute Gasteiger partial charge is 0.227 e. The van der Waals surface area contributed by atoms with E-state index in [9.17, 15) is 13.6 Å². The van der Waals surface area contributed by atoms with Crippen molar-refractivity contribution in [2.75, 3.05) is 38.1 Å². The zero-order chi connectivity index (χ0) is 15.2. The van der Waals surface area contributed by atoms with Crippen LogP contribution in [0, 0.1) is 11.6 Å². The normalized spacial score (nSPS) is 16.8. The van der Waals surface area contributed by atoms with E-state index in [0.29, 0.717) is 12.1 Å². The van der Waals surface area contributed by atoms with Gasteiger partial charge in [-0.25, -0.2) is 8.78 Å². The lowest BCUT2D eigenvalue weighted by Crippen LogP contribution is -2.36. The summed E-state index contributed by atoms with van der Waals surface area (Å²) in [6.45, 7) is 4.23. The Hall–Kier alpha value is -1.01. The van der Waals surface area contributed by atoms with E-state index in [2.05, 4.69) is 20.8 Å². The van der Waals surface area contributed by atoms with Crippen LogP contribution in [-0.4, -0.2) is 53.8 Å². The van der Waals surface area contributed by atoms with Crippen LogP contribution in [0.2, 0.25) is 0 Å². The summed E-state index contributed by atoms with van der Waals surface area (Å²) < 4.78 is 26.0. The molecule has 1 aliphatic heterocycles. The van der Waals surface area contributed by atoms with Crippen molar-refractivity contribution in [1.82, 2.24) is 9.80 Å². The van der Waals surface area contributed by atoms with Crippen molar-refractivity contribution in [2.45, 2.75) is 12.8 Å². The minimum atomic E-state index is -0.903. The van der Waals surface area contributed by atoms with Crippen molar-refractivity contribution >= 4 is 21.8 Å². The second-order valence-electron chi connectivity index (χ2n) is 5.19. The summed E-state index contributed by atoms with van der Waals surface area (Å²) in [5.74, 6) is -1.81. The number of hydrogen-bond donors (Lipinski definition) is 0. The first-order valence-corrected chi connectivity index (χ1v) is 8.22. The van der Waals surface area contributed by atoms with Gasteiger partial charge in [-0.05, 0) is 30.7 Å². The van der Waals surface area contributed by atoms with E-state index >= 15 is 0 Å². The molecule has 1 saturated heterocycles. The largest absolute Gasteiger partial charge is 0.341 e. The molecule has 0 saturated carbocycles. The van der Waals surface area contributed by atoms with Crippen molar-refractivity contribution in [3.05, 3.63) is 35.4 Å². The average molecular weight is 361 g/mol. The van der Waals surface area contributed by atoms with Crippen LogP contribution in [0.4, 0.5) is 8.78 Å². The molecule has 6 heteroatoms. The lowest BCUT2D eigenvalue weighted by atomic mass is 10.1. The van der Waals surface area contributed by atoms with Gasteiger partial charge in [-0.15, -0.1) is 0 Å². The monoisotopic (exact) mass is 360 g/mol. The van der Waals surface area contributed by atoms with Crippen molar-refractivity contribution < 1.29 is 13.6 Å². The van der Waals surface area contributed by atoms with Crippen LogP contribution in [0.25, 0.3) is 0 Å². The Morgan fingerprint density at radius 2 is 1.95 bits per heavy atom. The van der Waals surface area contributed by atoms with Crippen molar-refractivity contribution in [3.8, 4) is 0 Å². The standard InChI is InChI=1S/C15H19BrF2N2O/c16-4-7-19-5-1-6-20(9-8-19)15(21)11-12-2-3-13(17)14(18)10-12/h2-3,10H,1,4-9,11H2. The van der Waals surface area contributed by atoms with Crippen molar-refractivity contribution in [1.29, 1.82) is 0 Å². The summed E-state index contributed by atoms with van der Waals surface area (Å²) in [6.07, 6.45) is 1.06. The van der Waals surface area contributed by atoms with Gasteiger partial charge in [-0.1, -0.05) is 22.0 Å². The van der Waals surface area contributed by atoms with Gasteiger partial charge in [0.25, 0.3) is 0 Å². The van der Waals surface area contributed by atoms with Gasteiger partial charge >= 0.3 is 0 Å². The Balaban J connectivity index is 1.92. The molecule has 1 aromatic carbocycles. The molecule has 1 fully saturated rings. The molecule has 1 amide bonds. The summed E-state index contributed by atoms with van der Waals surface area (Å²) in [6, 6.07) is 3.63. The lowest BCUT2D eigenvalue weighted by Gasteiger charge is -2.21. The molecule has 0 radical (unpaired) electrons. The molecule has 1 aliphatic rings. The zero-order valence-electron chi connectivity index (χ0n) is 11.8. The number of hydrogen-bond acceptors (Lipinski definition) is 2. The summed E-state index contributed by atoms with van der Waals surface area (Å²) in [4.78, 5) is 16.4. The fourth-order valence-electron chi connectivity index (χ4n) is 2.50. The third-order valence-corrected chi connectivity index (χ3v) is 4.04. The van der Waals surface area contributed by atoms with E-state index < -0.39 is 11.6 Å². The molecule has 1 heterocycles. The molecule has 116 valence electrons. The van der Waals surface area contributed by atoms with E-state index in [1.54, 1.807) is 0 Å². The molecule has 0 N–H and O–H groups in total. The predicted octanol–water partition coefficient (Wildman–Crippen LogP) is 2.44. The second kappa shape index (κ2) is 7.84. The van der Waals surface area contributed by atoms with E-state index in [4.69, 9.17) is 0 Å². The van der Waals surface area contributed by atoms with Crippen LogP contribution in [-0.2, 0) is 11.2 Å². The first-order valence-electron chi connectivity index (χ1n) is 7.10. The summed E-state index contributed by atoms with van der Waals surface area (Å²) in [5, 5.41) is 0.926. The third-order valence-electron chi connectivity index (χ3n) is 3.68. The number of rotatable bonds is 4. The Morgan fingerprint density at radius 3 is 2.67 bits per heavy atom. The number of carbonyl (C=O) groups excluding carboxylic acids is 1. The average Bonchev–Trinajstić information content (AvgIpc) is 2.69. The van der Waals surface area contributed by atoms with Crippen molar-refractivity contribution in [3.63, 3.8) is 0 Å². The van der Waals surface area contributed by atoms with Gasteiger partial charge in [0.2, 0.25) is 5.91 Å². The second-order valence-corrected chi connectivity index (χ2v) is 5.98. The van der Waals surface area contributed by atoms with Crippen LogP contribution in [0.15, 0.2) is 18.2 Å². The number of halogens is 3. The number of carbonyl (C=O) groups is 1. The molecule has 0 atom stereocenters. The molecule has 0 unspecified atom stereocenters. The van der Waals surface area contributed by atoms with E-state index in [-0.39, 0.29) is 12.3 Å². The molecular formula is C15H19BrF2N2O. The minimum absolute atomic E-state index is 0.0262. The zero-order valence-corrected chi connectivity index (χ0v) is 13.4. The number of amides is 1. The van der Waals surface area contributed by atoms with Gasteiger partial charge in [-0.3, -0.25) is 4.79 Å². The highest BCUT2D eigenvalue weighted by Gasteiger charge is 2.19. The van der Waals surface area contributed by atoms with Crippen LogP contribution in [0.3, 0.4) is 0 Å². The predicted molar refractivity (Wildman–Crippen MR) is 81.5 cm³/mol. The highest BCUT2D eigenvalue weighted by Crippen LogP contribution is 2.11. The Bertz CT molecular complexity index is 499. The van der Waals surface area contributed by atoms with E-state index in [0.717, 1.165) is 50.1 Å². The highest BCUT2D eigenvalue weighted by molar-refractivity contribution is 9.09. The van der Waals surface area contributed by atoms with E-state index in [1.807, 2.05) is 4.90 Å². The fourth-order valence-corrected chi connectivity index (χ4v) is 3.00. The van der Waals surface area contributed by atoms with Crippen LogP contribution in [0.5, 0.6) is 0 Å². The highest BCUT2D eigenvalue weighted by atomic mass is 79.9. The van der Waals surface area contributed by atoms with Gasteiger partial charge in [0.05, 0.1) is 6.42 Å². The van der Waals surface area contributed by atoms with Crippen LogP contribution in [0.1, 0.15) is 12.0 Å². The minimum Gasteiger partial charge on any atom is -0.341 e. The summed E-state index contributed by atoms with van der Waals surface area (Å²) >= 11 is 3.42. The summed E-state index contributed by atoms with van der Waals surface area (Å²) in [5.41, 5.74) is 0.514. The Kier molecular flexibility index (Phi) is 6.11. The molecule has 3 nitrogen and oxygen atoms in total. The fraction of sp³-hybridized carbons (Fsp3) is 0.533. The molecule has 21 heavy (non-hydrogen) atoms. The van der Waals surface area contributed by atoms with Gasteiger partial charge in [0.15, 0.2) is 11.6 Å². The molecule has 1 aromatic rings. The molecular weight excluding hydrogens is 342 g/mol. The van der Waals surface area contributed by atoms with Gasteiger partial charge in [-0.2, -0.15) is 0 Å². The number of benzene rings is 1. The number of alkyl halides is 1. The maximum Gasteiger partial charge on any atom is 0.227 e. The molecule has 2 rings (SSSR count). The maximum atomic E-state index is 13.2.